The topological polar surface area (TPSA) is 29.4 Å². The van der Waals surface area contributed by atoms with Gasteiger partial charge in [0.2, 0.25) is 0 Å². The summed E-state index contributed by atoms with van der Waals surface area (Å²) in [4.78, 5) is 15.0. The van der Waals surface area contributed by atoms with Crippen LogP contribution in [0.3, 0.4) is 0 Å². The van der Waals surface area contributed by atoms with E-state index in [2.05, 4.69) is 4.99 Å². The number of aliphatic imine (C=N–C) groups is 1. The SMILES string of the molecule is O=C/C1=N/CCCCCCCCCC1. The fourth-order valence-corrected chi connectivity index (χ4v) is 1.88. The first-order chi connectivity index (χ1) is 6.93. The van der Waals surface area contributed by atoms with Gasteiger partial charge in [-0.1, -0.05) is 38.5 Å². The molecule has 1 rings (SSSR count). The zero-order chi connectivity index (χ0) is 10.1. The molecule has 0 amide bonds. The maximum absolute atomic E-state index is 10.6. The molecule has 1 heterocycles. The monoisotopic (exact) mass is 195 g/mol. The van der Waals surface area contributed by atoms with Gasteiger partial charge in [0.05, 0.1) is 5.71 Å². The molecule has 0 aliphatic carbocycles. The van der Waals surface area contributed by atoms with Crippen LogP contribution in [0.2, 0.25) is 0 Å². The summed E-state index contributed by atoms with van der Waals surface area (Å²) in [5, 5.41) is 0. The van der Waals surface area contributed by atoms with Crippen LogP contribution in [0.5, 0.6) is 0 Å². The van der Waals surface area contributed by atoms with Crippen molar-refractivity contribution in [1.29, 1.82) is 0 Å². The molecule has 0 bridgehead atoms. The Balaban J connectivity index is 2.33. The highest BCUT2D eigenvalue weighted by molar-refractivity contribution is 6.28. The lowest BCUT2D eigenvalue weighted by Gasteiger charge is -2.04. The summed E-state index contributed by atoms with van der Waals surface area (Å²) in [7, 11) is 0. The van der Waals surface area contributed by atoms with Gasteiger partial charge < -0.3 is 0 Å². The molecule has 80 valence electrons. The second-order valence-corrected chi connectivity index (χ2v) is 4.07. The lowest BCUT2D eigenvalue weighted by molar-refractivity contribution is -0.102. The molecule has 14 heavy (non-hydrogen) atoms. The molecule has 2 heteroatoms. The first-order valence-corrected chi connectivity index (χ1v) is 5.92. The number of aldehydes is 1. The van der Waals surface area contributed by atoms with Crippen molar-refractivity contribution in [2.24, 2.45) is 4.99 Å². The number of rotatable bonds is 1. The van der Waals surface area contributed by atoms with E-state index in [9.17, 15) is 4.79 Å². The molecule has 0 unspecified atom stereocenters. The molecule has 0 fully saturated rings. The minimum Gasteiger partial charge on any atom is -0.297 e. The highest BCUT2D eigenvalue weighted by atomic mass is 16.1. The Morgan fingerprint density at radius 1 is 0.857 bits per heavy atom. The van der Waals surface area contributed by atoms with Gasteiger partial charge in [0.1, 0.15) is 0 Å². The lowest BCUT2D eigenvalue weighted by atomic mass is 10.1. The molecule has 0 saturated carbocycles. The molecule has 0 N–H and O–H groups in total. The average molecular weight is 195 g/mol. The Labute approximate surface area is 86.8 Å². The molecule has 0 aromatic carbocycles. The number of hydrogen-bond donors (Lipinski definition) is 0. The van der Waals surface area contributed by atoms with E-state index in [1.54, 1.807) is 0 Å². The van der Waals surface area contributed by atoms with E-state index in [0.29, 0.717) is 0 Å². The Kier molecular flexibility index (Phi) is 6.29. The Morgan fingerprint density at radius 2 is 1.43 bits per heavy atom. The summed E-state index contributed by atoms with van der Waals surface area (Å²) < 4.78 is 0. The minimum atomic E-state index is 0.783. The van der Waals surface area contributed by atoms with Crippen LogP contribution in [0.4, 0.5) is 0 Å². The predicted molar refractivity (Wildman–Crippen MR) is 59.9 cm³/mol. The van der Waals surface area contributed by atoms with E-state index in [1.807, 2.05) is 0 Å². The third-order valence-corrected chi connectivity index (χ3v) is 2.79. The van der Waals surface area contributed by atoms with Crippen LogP contribution in [0.1, 0.15) is 57.8 Å². The van der Waals surface area contributed by atoms with E-state index >= 15 is 0 Å². The number of carbonyl (C=O) groups excluding carboxylic acids is 1. The summed E-state index contributed by atoms with van der Waals surface area (Å²) in [6, 6.07) is 0. The Bertz CT molecular complexity index is 187. The molecular weight excluding hydrogens is 174 g/mol. The molecule has 0 atom stereocenters. The first-order valence-electron chi connectivity index (χ1n) is 5.92. The predicted octanol–water partition coefficient (Wildman–Crippen LogP) is 3.15. The molecule has 1 aliphatic heterocycles. The summed E-state index contributed by atoms with van der Waals surface area (Å²) in [5.41, 5.74) is 0.783. The third-order valence-electron chi connectivity index (χ3n) is 2.79. The quantitative estimate of drug-likeness (QED) is 0.591. The van der Waals surface area contributed by atoms with Gasteiger partial charge in [-0.05, 0) is 19.3 Å². The van der Waals surface area contributed by atoms with Crippen LogP contribution in [-0.2, 0) is 4.79 Å². The van der Waals surface area contributed by atoms with Gasteiger partial charge in [-0.25, -0.2) is 0 Å². The summed E-state index contributed by atoms with van der Waals surface area (Å²) in [6.45, 7) is 0.855. The highest BCUT2D eigenvalue weighted by Crippen LogP contribution is 2.11. The first kappa shape index (κ1) is 11.4. The van der Waals surface area contributed by atoms with Gasteiger partial charge >= 0.3 is 0 Å². The van der Waals surface area contributed by atoms with E-state index < -0.39 is 0 Å². The van der Waals surface area contributed by atoms with Crippen LogP contribution in [-0.4, -0.2) is 18.5 Å². The Morgan fingerprint density at radius 3 is 2.07 bits per heavy atom. The summed E-state index contributed by atoms with van der Waals surface area (Å²) in [5.74, 6) is 0. The molecule has 0 aromatic heterocycles. The van der Waals surface area contributed by atoms with Gasteiger partial charge in [-0.3, -0.25) is 9.79 Å². The minimum absolute atomic E-state index is 0.783. The van der Waals surface area contributed by atoms with Crippen LogP contribution in [0.25, 0.3) is 0 Å². The zero-order valence-corrected chi connectivity index (χ0v) is 9.00. The molecular formula is C12H21NO. The number of nitrogens with zero attached hydrogens (tertiary/aromatic N) is 1. The van der Waals surface area contributed by atoms with Gasteiger partial charge in [0, 0.05) is 6.54 Å². The fourth-order valence-electron chi connectivity index (χ4n) is 1.88. The molecule has 0 radical (unpaired) electrons. The van der Waals surface area contributed by atoms with Gasteiger partial charge in [0.25, 0.3) is 0 Å². The second kappa shape index (κ2) is 7.72. The lowest BCUT2D eigenvalue weighted by Crippen LogP contribution is -2.02. The van der Waals surface area contributed by atoms with Crippen LogP contribution in [0, 0.1) is 0 Å². The maximum Gasteiger partial charge on any atom is 0.163 e. The maximum atomic E-state index is 10.6. The number of hydrogen-bond acceptors (Lipinski definition) is 2. The molecule has 0 saturated heterocycles. The van der Waals surface area contributed by atoms with Crippen LogP contribution in [0.15, 0.2) is 4.99 Å². The molecule has 0 spiro atoms. The second-order valence-electron chi connectivity index (χ2n) is 4.07. The van der Waals surface area contributed by atoms with Crippen molar-refractivity contribution in [3.05, 3.63) is 0 Å². The van der Waals surface area contributed by atoms with E-state index in [0.717, 1.165) is 37.8 Å². The standard InChI is InChI=1S/C12H21NO/c14-11-12-9-7-5-3-1-2-4-6-8-10-13-12/h11H,1-10H2/b13-12+. The van der Waals surface area contributed by atoms with Gasteiger partial charge in [0.15, 0.2) is 6.29 Å². The van der Waals surface area contributed by atoms with Crippen molar-refractivity contribution in [3.8, 4) is 0 Å². The largest absolute Gasteiger partial charge is 0.297 e. The average Bonchev–Trinajstić information content (AvgIpc) is 2.19. The van der Waals surface area contributed by atoms with Crippen molar-refractivity contribution in [1.82, 2.24) is 0 Å². The van der Waals surface area contributed by atoms with E-state index in [4.69, 9.17) is 0 Å². The molecule has 1 aliphatic rings. The highest BCUT2D eigenvalue weighted by Gasteiger charge is 1.99. The number of carbonyl (C=O) groups is 1. The van der Waals surface area contributed by atoms with Gasteiger partial charge in [-0.15, -0.1) is 0 Å². The smallest absolute Gasteiger partial charge is 0.163 e. The van der Waals surface area contributed by atoms with Crippen molar-refractivity contribution in [3.63, 3.8) is 0 Å². The molecule has 0 aromatic rings. The normalized spacial score (nSPS) is 25.3. The third kappa shape index (κ3) is 5.15. The fraction of sp³-hybridized carbons (Fsp3) is 0.833. The van der Waals surface area contributed by atoms with Crippen molar-refractivity contribution < 1.29 is 4.79 Å². The van der Waals surface area contributed by atoms with Crippen LogP contribution >= 0.6 is 0 Å². The summed E-state index contributed by atoms with van der Waals surface area (Å²) in [6.07, 6.45) is 12.1. The van der Waals surface area contributed by atoms with Crippen molar-refractivity contribution in [2.45, 2.75) is 57.8 Å². The molecule has 2 nitrogen and oxygen atoms in total. The van der Waals surface area contributed by atoms with Crippen molar-refractivity contribution >= 4 is 12.0 Å². The zero-order valence-electron chi connectivity index (χ0n) is 9.00. The Hall–Kier alpha value is -0.660. The van der Waals surface area contributed by atoms with E-state index in [-0.39, 0.29) is 0 Å². The van der Waals surface area contributed by atoms with Crippen molar-refractivity contribution in [2.75, 3.05) is 6.54 Å². The summed E-state index contributed by atoms with van der Waals surface area (Å²) >= 11 is 0. The van der Waals surface area contributed by atoms with E-state index in [1.165, 1.54) is 38.5 Å². The van der Waals surface area contributed by atoms with Crippen LogP contribution < -0.4 is 0 Å². The van der Waals surface area contributed by atoms with Gasteiger partial charge in [-0.2, -0.15) is 0 Å².